The third kappa shape index (κ3) is 3.37. The third-order valence-electron chi connectivity index (χ3n) is 5.21. The predicted molar refractivity (Wildman–Crippen MR) is 92.0 cm³/mol. The first-order chi connectivity index (χ1) is 11.1. The average molecular weight is 316 g/mol. The molecule has 0 N–H and O–H groups in total. The molecule has 2 bridgehead atoms. The molecule has 0 aromatic heterocycles. The molecule has 4 rings (SSSR count). The van der Waals surface area contributed by atoms with Gasteiger partial charge in [0.05, 0.1) is 12.7 Å². The van der Waals surface area contributed by atoms with Crippen molar-refractivity contribution in [3.63, 3.8) is 0 Å². The molecule has 2 atom stereocenters. The second-order valence-electron chi connectivity index (χ2n) is 7.01. The lowest BCUT2D eigenvalue weighted by Gasteiger charge is -2.35. The molecule has 0 radical (unpaired) electrons. The van der Waals surface area contributed by atoms with Gasteiger partial charge >= 0.3 is 0 Å². The molecule has 0 spiro atoms. The topological polar surface area (TPSA) is 32.8 Å². The Balaban J connectivity index is 1.81. The Kier molecular flexibility index (Phi) is 4.90. The highest BCUT2D eigenvalue weighted by Crippen LogP contribution is 2.30. The van der Waals surface area contributed by atoms with Gasteiger partial charge in [0, 0.05) is 25.7 Å². The molecule has 3 heterocycles. The number of amides is 1. The number of carbonyl (C=O) groups excluding carboxylic acids is 1. The van der Waals surface area contributed by atoms with Crippen LogP contribution in [0.3, 0.4) is 0 Å². The lowest BCUT2D eigenvalue weighted by molar-refractivity contribution is 0.0734. The quantitative estimate of drug-likeness (QED) is 0.856. The molecular weight excluding hydrogens is 288 g/mol. The first-order valence-electron chi connectivity index (χ1n) is 8.80. The molecule has 3 fully saturated rings. The molecule has 1 amide bonds. The average Bonchev–Trinajstić information content (AvgIpc) is 2.86. The minimum Gasteiger partial charge on any atom is -0.496 e. The van der Waals surface area contributed by atoms with Crippen LogP contribution in [0.15, 0.2) is 18.2 Å². The van der Waals surface area contributed by atoms with Crippen LogP contribution in [-0.4, -0.2) is 55.0 Å². The molecule has 1 aromatic carbocycles. The maximum absolute atomic E-state index is 13.1. The largest absolute Gasteiger partial charge is 0.496 e. The summed E-state index contributed by atoms with van der Waals surface area (Å²) in [5.41, 5.74) is 1.81. The number of benzene rings is 1. The Morgan fingerprint density at radius 1 is 1.26 bits per heavy atom. The molecule has 23 heavy (non-hydrogen) atoms. The van der Waals surface area contributed by atoms with Gasteiger partial charge < -0.3 is 9.64 Å². The number of nitrogens with zero attached hydrogens (tertiary/aromatic N) is 2. The fourth-order valence-electron chi connectivity index (χ4n) is 4.05. The number of carbonyl (C=O) groups is 1. The van der Waals surface area contributed by atoms with E-state index in [1.165, 1.54) is 19.3 Å². The van der Waals surface area contributed by atoms with Crippen molar-refractivity contribution in [3.8, 4) is 5.75 Å². The number of hydrogen-bond donors (Lipinski definition) is 0. The zero-order chi connectivity index (χ0) is 16.4. The molecule has 0 unspecified atom stereocenters. The van der Waals surface area contributed by atoms with Gasteiger partial charge in [0.2, 0.25) is 0 Å². The number of fused-ring (bicyclic) bond motifs is 4. The second kappa shape index (κ2) is 6.91. The maximum atomic E-state index is 13.1. The van der Waals surface area contributed by atoms with Crippen LogP contribution in [-0.2, 0) is 0 Å². The van der Waals surface area contributed by atoms with Gasteiger partial charge in [-0.3, -0.25) is 9.69 Å². The molecule has 3 saturated heterocycles. The lowest BCUT2D eigenvalue weighted by atomic mass is 9.95. The molecule has 4 heteroatoms. The van der Waals surface area contributed by atoms with Gasteiger partial charge in [-0.2, -0.15) is 0 Å². The van der Waals surface area contributed by atoms with Crippen molar-refractivity contribution < 1.29 is 9.53 Å². The molecule has 1 aromatic rings. The summed E-state index contributed by atoms with van der Waals surface area (Å²) in [5, 5.41) is 0. The van der Waals surface area contributed by atoms with Crippen molar-refractivity contribution in [3.05, 3.63) is 29.3 Å². The second-order valence-corrected chi connectivity index (χ2v) is 7.01. The van der Waals surface area contributed by atoms with E-state index in [0.717, 1.165) is 31.7 Å². The molecule has 0 saturated carbocycles. The predicted octanol–water partition coefficient (Wildman–Crippen LogP) is 2.95. The Labute approximate surface area is 139 Å². The summed E-state index contributed by atoms with van der Waals surface area (Å²) < 4.78 is 5.44. The summed E-state index contributed by atoms with van der Waals surface area (Å²) in [6, 6.07) is 6.37. The first kappa shape index (κ1) is 16.3. The Morgan fingerprint density at radius 3 is 2.83 bits per heavy atom. The van der Waals surface area contributed by atoms with E-state index in [1.807, 2.05) is 25.1 Å². The van der Waals surface area contributed by atoms with Crippen molar-refractivity contribution in [1.29, 1.82) is 0 Å². The summed E-state index contributed by atoms with van der Waals surface area (Å²) in [4.78, 5) is 17.7. The minimum absolute atomic E-state index is 0.122. The van der Waals surface area contributed by atoms with Gasteiger partial charge in [0.25, 0.3) is 5.91 Å². The van der Waals surface area contributed by atoms with Gasteiger partial charge in [0.1, 0.15) is 5.75 Å². The van der Waals surface area contributed by atoms with Crippen LogP contribution >= 0.6 is 0 Å². The molecule has 0 aliphatic carbocycles. The zero-order valence-corrected chi connectivity index (χ0v) is 14.5. The van der Waals surface area contributed by atoms with Crippen molar-refractivity contribution in [1.82, 2.24) is 9.80 Å². The van der Waals surface area contributed by atoms with Crippen LogP contribution in [0.2, 0.25) is 0 Å². The van der Waals surface area contributed by atoms with Crippen LogP contribution in [0.25, 0.3) is 0 Å². The molecule has 3 aliphatic heterocycles. The van der Waals surface area contributed by atoms with E-state index in [4.69, 9.17) is 4.74 Å². The van der Waals surface area contributed by atoms with E-state index in [9.17, 15) is 4.79 Å². The van der Waals surface area contributed by atoms with Crippen molar-refractivity contribution in [2.24, 2.45) is 5.92 Å². The minimum atomic E-state index is 0.122. The Hall–Kier alpha value is -1.55. The van der Waals surface area contributed by atoms with Crippen LogP contribution in [0.5, 0.6) is 5.75 Å². The molecule has 3 aliphatic rings. The monoisotopic (exact) mass is 316 g/mol. The van der Waals surface area contributed by atoms with E-state index >= 15 is 0 Å². The van der Waals surface area contributed by atoms with Gasteiger partial charge in [-0.25, -0.2) is 0 Å². The number of methoxy groups -OCH3 is 1. The van der Waals surface area contributed by atoms with Crippen LogP contribution in [0.1, 0.15) is 42.1 Å². The molecular formula is C19H28N2O2. The Morgan fingerprint density at radius 2 is 2.09 bits per heavy atom. The summed E-state index contributed by atoms with van der Waals surface area (Å²) in [6.07, 6.45) is 3.65. The highest BCUT2D eigenvalue weighted by molar-refractivity contribution is 5.97. The number of piperidine rings is 1. The van der Waals surface area contributed by atoms with Crippen molar-refractivity contribution in [2.45, 2.75) is 39.2 Å². The molecule has 4 nitrogen and oxygen atoms in total. The normalized spacial score (nSPS) is 24.6. The van der Waals surface area contributed by atoms with Gasteiger partial charge in [-0.15, -0.1) is 0 Å². The maximum Gasteiger partial charge on any atom is 0.257 e. The van der Waals surface area contributed by atoms with Crippen LogP contribution in [0.4, 0.5) is 0 Å². The van der Waals surface area contributed by atoms with Gasteiger partial charge in [-0.1, -0.05) is 13.0 Å². The molecule has 126 valence electrons. The van der Waals surface area contributed by atoms with Crippen molar-refractivity contribution >= 4 is 5.91 Å². The van der Waals surface area contributed by atoms with Gasteiger partial charge in [0.15, 0.2) is 0 Å². The lowest BCUT2D eigenvalue weighted by Crippen LogP contribution is -2.44. The van der Waals surface area contributed by atoms with Gasteiger partial charge in [-0.05, 0) is 56.3 Å². The third-order valence-corrected chi connectivity index (χ3v) is 5.21. The smallest absolute Gasteiger partial charge is 0.257 e. The number of aryl methyl sites for hydroxylation is 1. The number of hydrogen-bond acceptors (Lipinski definition) is 3. The highest BCUT2D eigenvalue weighted by Gasteiger charge is 2.36. The first-order valence-corrected chi connectivity index (χ1v) is 8.80. The Bertz CT molecular complexity index is 572. The van der Waals surface area contributed by atoms with Crippen LogP contribution < -0.4 is 4.74 Å². The fourth-order valence-corrected chi connectivity index (χ4v) is 4.05. The highest BCUT2D eigenvalue weighted by atomic mass is 16.5. The van der Waals surface area contributed by atoms with E-state index < -0.39 is 0 Å². The number of rotatable bonds is 4. The standard InChI is InChI=1S/C19H28N2O2/c1-4-9-20-11-15-6-7-16(20)13-21(12-15)19(22)17-8-5-14(2)10-18(17)23-3/h5,8,10,15-16H,4,6-7,9,11-13H2,1-3H3/t15-,16-/m0/s1. The SMILES string of the molecule is CCCN1C[C@@H]2CC[C@H]1CN(C(=O)c1ccc(C)cc1OC)C2. The van der Waals surface area contributed by atoms with E-state index in [2.05, 4.69) is 16.7 Å². The summed E-state index contributed by atoms with van der Waals surface area (Å²) >= 11 is 0. The van der Waals surface area contributed by atoms with E-state index in [-0.39, 0.29) is 5.91 Å². The van der Waals surface area contributed by atoms with E-state index in [0.29, 0.717) is 23.3 Å². The summed E-state index contributed by atoms with van der Waals surface area (Å²) in [5.74, 6) is 1.43. The fraction of sp³-hybridized carbons (Fsp3) is 0.632. The zero-order valence-electron chi connectivity index (χ0n) is 14.5. The van der Waals surface area contributed by atoms with Crippen molar-refractivity contribution in [2.75, 3.05) is 33.3 Å². The summed E-state index contributed by atoms with van der Waals surface area (Å²) in [6.45, 7) is 8.29. The van der Waals surface area contributed by atoms with E-state index in [1.54, 1.807) is 7.11 Å². The summed E-state index contributed by atoms with van der Waals surface area (Å²) in [7, 11) is 1.64. The number of ether oxygens (including phenoxy) is 1. The van der Waals surface area contributed by atoms with Crippen LogP contribution in [0, 0.1) is 12.8 Å².